The minimum Gasteiger partial charge on any atom is -0.492 e. The van der Waals surface area contributed by atoms with Crippen LogP contribution < -0.4 is 9.64 Å². The lowest BCUT2D eigenvalue weighted by Gasteiger charge is -2.25. The molecule has 2 heterocycles. The molecule has 0 aromatic heterocycles. The van der Waals surface area contributed by atoms with Crippen LogP contribution in [0.3, 0.4) is 0 Å². The first-order chi connectivity index (χ1) is 15.3. The molecule has 1 saturated heterocycles. The van der Waals surface area contributed by atoms with E-state index in [-0.39, 0.29) is 0 Å². The minimum absolute atomic E-state index is 0.616. The lowest BCUT2D eigenvalue weighted by atomic mass is 9.97. The van der Waals surface area contributed by atoms with E-state index in [0.29, 0.717) is 6.67 Å². The van der Waals surface area contributed by atoms with Crippen LogP contribution >= 0.6 is 0 Å². The number of benzene rings is 3. The van der Waals surface area contributed by atoms with E-state index in [1.807, 2.05) is 0 Å². The minimum atomic E-state index is 0.616. The molecule has 0 bridgehead atoms. The van der Waals surface area contributed by atoms with Crippen LogP contribution in [0.15, 0.2) is 83.5 Å². The van der Waals surface area contributed by atoms with Crippen molar-refractivity contribution in [2.75, 3.05) is 37.8 Å². The molecular formula is C27H29N3O. The summed E-state index contributed by atoms with van der Waals surface area (Å²) in [5.41, 5.74) is 4.59. The maximum absolute atomic E-state index is 5.94. The summed E-state index contributed by atoms with van der Waals surface area (Å²) in [6, 6.07) is 23.3. The summed E-state index contributed by atoms with van der Waals surface area (Å²) in [6.07, 6.45) is 4.84. The molecule has 0 amide bonds. The van der Waals surface area contributed by atoms with Gasteiger partial charge in [0.15, 0.2) is 0 Å². The Morgan fingerprint density at radius 3 is 2.48 bits per heavy atom. The summed E-state index contributed by atoms with van der Waals surface area (Å²) < 4.78 is 5.94. The van der Waals surface area contributed by atoms with Gasteiger partial charge in [0.05, 0.1) is 5.71 Å². The smallest absolute Gasteiger partial charge is 0.119 e. The maximum Gasteiger partial charge on any atom is 0.119 e. The Kier molecular flexibility index (Phi) is 5.72. The van der Waals surface area contributed by atoms with Gasteiger partial charge in [0.2, 0.25) is 0 Å². The van der Waals surface area contributed by atoms with E-state index in [4.69, 9.17) is 9.73 Å². The van der Waals surface area contributed by atoms with Crippen LogP contribution in [0.5, 0.6) is 5.75 Å². The third-order valence-corrected chi connectivity index (χ3v) is 6.19. The molecule has 0 aliphatic carbocycles. The fourth-order valence-electron chi connectivity index (χ4n) is 4.53. The van der Waals surface area contributed by atoms with E-state index < -0.39 is 0 Å². The molecule has 2 aliphatic rings. The molecule has 0 spiro atoms. The number of allylic oxidation sites excluding steroid dienone is 1. The summed E-state index contributed by atoms with van der Waals surface area (Å²) in [5, 5.41) is 2.50. The lowest BCUT2D eigenvalue weighted by Crippen LogP contribution is -2.25. The van der Waals surface area contributed by atoms with Crippen molar-refractivity contribution >= 4 is 22.2 Å². The highest BCUT2D eigenvalue weighted by Crippen LogP contribution is 2.27. The Labute approximate surface area is 184 Å². The van der Waals surface area contributed by atoms with Crippen LogP contribution in [0.2, 0.25) is 0 Å². The molecule has 0 atom stereocenters. The van der Waals surface area contributed by atoms with Crippen molar-refractivity contribution in [2.45, 2.75) is 19.8 Å². The van der Waals surface area contributed by atoms with Gasteiger partial charge in [-0.3, -0.25) is 9.89 Å². The third kappa shape index (κ3) is 4.35. The molecule has 1 fully saturated rings. The van der Waals surface area contributed by atoms with Crippen LogP contribution in [0.1, 0.15) is 25.3 Å². The van der Waals surface area contributed by atoms with Crippen LogP contribution in [-0.2, 0) is 0 Å². The number of hydrogen-bond acceptors (Lipinski definition) is 4. The van der Waals surface area contributed by atoms with E-state index >= 15 is 0 Å². The zero-order valence-electron chi connectivity index (χ0n) is 18.1. The van der Waals surface area contributed by atoms with E-state index in [0.717, 1.165) is 30.3 Å². The molecule has 2 aliphatic heterocycles. The Morgan fingerprint density at radius 2 is 1.68 bits per heavy atom. The summed E-state index contributed by atoms with van der Waals surface area (Å²) >= 11 is 0. The van der Waals surface area contributed by atoms with Crippen LogP contribution in [0, 0.1) is 0 Å². The van der Waals surface area contributed by atoms with E-state index in [1.165, 1.54) is 47.8 Å². The fraction of sp³-hybridized carbons (Fsp3) is 0.296. The molecule has 0 radical (unpaired) electrons. The maximum atomic E-state index is 5.94. The second-order valence-corrected chi connectivity index (χ2v) is 8.35. The Hall–Kier alpha value is -3.11. The number of fused-ring (bicyclic) bond motifs is 1. The number of aliphatic imine (C=N–C) groups is 1. The molecule has 0 N–H and O–H groups in total. The molecule has 5 rings (SSSR count). The molecule has 4 heteroatoms. The SMILES string of the molecule is CC1=CN(c2ccc(OCCN3CCCC3)cc2)CN=C1c1cccc2ccccc12. The Morgan fingerprint density at radius 1 is 0.903 bits per heavy atom. The fourth-order valence-corrected chi connectivity index (χ4v) is 4.53. The average molecular weight is 412 g/mol. The zero-order chi connectivity index (χ0) is 21.0. The number of nitrogens with zero attached hydrogens (tertiary/aromatic N) is 3. The van der Waals surface area contributed by atoms with Crippen molar-refractivity contribution in [2.24, 2.45) is 4.99 Å². The largest absolute Gasteiger partial charge is 0.492 e. The van der Waals surface area contributed by atoms with Gasteiger partial charge in [-0.1, -0.05) is 42.5 Å². The molecule has 0 saturated carbocycles. The normalized spacial score (nSPS) is 17.0. The van der Waals surface area contributed by atoms with Gasteiger partial charge in [0, 0.05) is 24.0 Å². The van der Waals surface area contributed by atoms with Gasteiger partial charge in [0.1, 0.15) is 19.0 Å². The van der Waals surface area contributed by atoms with Crippen molar-refractivity contribution in [3.05, 3.63) is 84.1 Å². The summed E-state index contributed by atoms with van der Waals surface area (Å²) in [6.45, 7) is 6.95. The zero-order valence-corrected chi connectivity index (χ0v) is 18.1. The lowest BCUT2D eigenvalue weighted by molar-refractivity contribution is 0.238. The predicted octanol–water partition coefficient (Wildman–Crippen LogP) is 5.49. The molecule has 4 nitrogen and oxygen atoms in total. The van der Waals surface area contributed by atoms with Crippen molar-refractivity contribution in [3.8, 4) is 5.75 Å². The number of anilines is 1. The van der Waals surface area contributed by atoms with Gasteiger partial charge in [-0.05, 0) is 73.5 Å². The number of rotatable bonds is 6. The number of hydrogen-bond donors (Lipinski definition) is 0. The molecule has 158 valence electrons. The first-order valence-electron chi connectivity index (χ1n) is 11.2. The molecule has 3 aromatic carbocycles. The van der Waals surface area contributed by atoms with Crippen molar-refractivity contribution in [3.63, 3.8) is 0 Å². The van der Waals surface area contributed by atoms with Gasteiger partial charge < -0.3 is 9.64 Å². The van der Waals surface area contributed by atoms with Crippen molar-refractivity contribution in [1.29, 1.82) is 0 Å². The van der Waals surface area contributed by atoms with Crippen LogP contribution in [-0.4, -0.2) is 43.5 Å². The molecule has 0 unspecified atom stereocenters. The van der Waals surface area contributed by atoms with E-state index in [2.05, 4.69) is 89.7 Å². The topological polar surface area (TPSA) is 28.1 Å². The number of ether oxygens (including phenoxy) is 1. The van der Waals surface area contributed by atoms with E-state index in [9.17, 15) is 0 Å². The molecular weight excluding hydrogens is 382 g/mol. The highest BCUT2D eigenvalue weighted by Gasteiger charge is 2.16. The Bertz CT molecular complexity index is 1110. The van der Waals surface area contributed by atoms with Gasteiger partial charge >= 0.3 is 0 Å². The average Bonchev–Trinajstić information content (AvgIpc) is 3.33. The quantitative estimate of drug-likeness (QED) is 0.537. The highest BCUT2D eigenvalue weighted by atomic mass is 16.5. The highest BCUT2D eigenvalue weighted by molar-refractivity contribution is 6.19. The predicted molar refractivity (Wildman–Crippen MR) is 129 cm³/mol. The van der Waals surface area contributed by atoms with E-state index in [1.54, 1.807) is 0 Å². The summed E-state index contributed by atoms with van der Waals surface area (Å²) in [5.74, 6) is 0.931. The van der Waals surface area contributed by atoms with Gasteiger partial charge in [0.25, 0.3) is 0 Å². The third-order valence-electron chi connectivity index (χ3n) is 6.19. The second-order valence-electron chi connectivity index (χ2n) is 8.35. The van der Waals surface area contributed by atoms with Gasteiger partial charge in [-0.15, -0.1) is 0 Å². The number of likely N-dealkylation sites (tertiary alicyclic amines) is 1. The standard InChI is InChI=1S/C27H29N3O/c1-21-19-30(20-28-27(21)26-10-6-8-22-7-2-3-9-25(22)26)23-11-13-24(14-12-23)31-18-17-29-15-4-5-16-29/h2-3,6-14,19H,4-5,15-18,20H2,1H3. The monoisotopic (exact) mass is 411 g/mol. The molecule has 31 heavy (non-hydrogen) atoms. The van der Waals surface area contributed by atoms with Gasteiger partial charge in [-0.25, -0.2) is 0 Å². The van der Waals surface area contributed by atoms with Gasteiger partial charge in [-0.2, -0.15) is 0 Å². The van der Waals surface area contributed by atoms with Crippen molar-refractivity contribution in [1.82, 2.24) is 4.90 Å². The second kappa shape index (κ2) is 8.94. The first kappa shape index (κ1) is 19.8. The van der Waals surface area contributed by atoms with Crippen LogP contribution in [0.4, 0.5) is 5.69 Å². The first-order valence-corrected chi connectivity index (χ1v) is 11.2. The molecule has 3 aromatic rings. The summed E-state index contributed by atoms with van der Waals surface area (Å²) in [7, 11) is 0. The Balaban J connectivity index is 1.26. The van der Waals surface area contributed by atoms with Crippen LogP contribution in [0.25, 0.3) is 10.8 Å². The van der Waals surface area contributed by atoms with Crippen molar-refractivity contribution < 1.29 is 4.74 Å². The summed E-state index contributed by atoms with van der Waals surface area (Å²) in [4.78, 5) is 9.61.